The predicted molar refractivity (Wildman–Crippen MR) is 107 cm³/mol. The van der Waals surface area contributed by atoms with Gasteiger partial charge in [0.05, 0.1) is 10.5 Å². The number of nitrogens with two attached hydrogens (primary N) is 1. The lowest BCUT2D eigenvalue weighted by molar-refractivity contribution is -0.121. The molecule has 8 heteroatoms. The Morgan fingerprint density at radius 2 is 1.72 bits per heavy atom. The van der Waals surface area contributed by atoms with Gasteiger partial charge < -0.3 is 9.73 Å². The Bertz CT molecular complexity index is 1090. The van der Waals surface area contributed by atoms with E-state index in [4.69, 9.17) is 9.56 Å². The number of rotatable bonds is 8. The van der Waals surface area contributed by atoms with Gasteiger partial charge in [-0.3, -0.25) is 4.79 Å². The second-order valence-corrected chi connectivity index (χ2v) is 8.10. The van der Waals surface area contributed by atoms with E-state index < -0.39 is 10.0 Å². The number of primary sulfonamides is 1. The smallest absolute Gasteiger partial charge is 0.238 e. The highest BCUT2D eigenvalue weighted by atomic mass is 32.2. The lowest BCUT2D eigenvalue weighted by atomic mass is 10.1. The highest BCUT2D eigenvalue weighted by molar-refractivity contribution is 7.89. The molecule has 0 saturated heterocycles. The monoisotopic (exact) mass is 416 g/mol. The fourth-order valence-electron chi connectivity index (χ4n) is 2.84. The molecule has 0 fully saturated rings. The van der Waals surface area contributed by atoms with Crippen LogP contribution in [-0.4, -0.2) is 20.9 Å². The van der Waals surface area contributed by atoms with Gasteiger partial charge in [-0.05, 0) is 48.4 Å². The van der Waals surface area contributed by atoms with Crippen LogP contribution >= 0.6 is 0 Å². The molecule has 0 aliphatic rings. The third-order valence-electron chi connectivity index (χ3n) is 4.39. The van der Waals surface area contributed by atoms with Crippen molar-refractivity contribution in [3.05, 3.63) is 77.8 Å². The van der Waals surface area contributed by atoms with E-state index in [0.717, 1.165) is 5.56 Å². The summed E-state index contributed by atoms with van der Waals surface area (Å²) in [6, 6.07) is 16.0. The fraction of sp³-hybridized carbons (Fsp3) is 0.190. The van der Waals surface area contributed by atoms with E-state index in [0.29, 0.717) is 36.5 Å². The number of carbonyl (C=O) groups is 1. The SMILES string of the molecule is NS(=O)(=O)c1ccc(CCNC(=O)CCc2ccc(-c3ccccc3F)o2)cc1. The van der Waals surface area contributed by atoms with Crippen LogP contribution in [0, 0.1) is 5.82 Å². The topological polar surface area (TPSA) is 102 Å². The molecule has 0 saturated carbocycles. The Kier molecular flexibility index (Phi) is 6.46. The van der Waals surface area contributed by atoms with Crippen molar-refractivity contribution in [2.75, 3.05) is 6.54 Å². The Hall–Kier alpha value is -2.97. The molecule has 0 bridgehead atoms. The van der Waals surface area contributed by atoms with Gasteiger partial charge in [0.2, 0.25) is 15.9 Å². The summed E-state index contributed by atoms with van der Waals surface area (Å²) >= 11 is 0. The first kappa shape index (κ1) is 20.8. The molecule has 1 heterocycles. The van der Waals surface area contributed by atoms with Crippen molar-refractivity contribution in [2.45, 2.75) is 24.2 Å². The number of furan rings is 1. The zero-order valence-electron chi connectivity index (χ0n) is 15.6. The minimum absolute atomic E-state index is 0.0542. The lowest BCUT2D eigenvalue weighted by Crippen LogP contribution is -2.25. The first-order chi connectivity index (χ1) is 13.8. The summed E-state index contributed by atoms with van der Waals surface area (Å²) in [5.74, 6) is 0.552. The van der Waals surface area contributed by atoms with E-state index in [-0.39, 0.29) is 23.0 Å². The molecule has 6 nitrogen and oxygen atoms in total. The molecule has 3 aromatic rings. The molecule has 0 unspecified atom stereocenters. The van der Waals surface area contributed by atoms with E-state index in [1.54, 1.807) is 42.5 Å². The summed E-state index contributed by atoms with van der Waals surface area (Å²) in [6.07, 6.45) is 1.22. The quantitative estimate of drug-likeness (QED) is 0.589. The van der Waals surface area contributed by atoms with E-state index >= 15 is 0 Å². The molecule has 1 aromatic heterocycles. The molecule has 152 valence electrons. The molecule has 0 aliphatic heterocycles. The summed E-state index contributed by atoms with van der Waals surface area (Å²) in [5, 5.41) is 7.87. The molecule has 0 atom stereocenters. The predicted octanol–water partition coefficient (Wildman–Crippen LogP) is 3.02. The molecule has 29 heavy (non-hydrogen) atoms. The molecular formula is C21H21FN2O4S. The summed E-state index contributed by atoms with van der Waals surface area (Å²) in [4.78, 5) is 12.1. The number of halogens is 1. The van der Waals surface area contributed by atoms with Crippen LogP contribution in [0.15, 0.2) is 70.0 Å². The maximum atomic E-state index is 13.8. The molecule has 0 aliphatic carbocycles. The number of amides is 1. The van der Waals surface area contributed by atoms with Crippen LogP contribution in [0.25, 0.3) is 11.3 Å². The van der Waals surface area contributed by atoms with Crippen LogP contribution in [0.2, 0.25) is 0 Å². The Balaban J connectivity index is 1.44. The van der Waals surface area contributed by atoms with Crippen LogP contribution < -0.4 is 10.5 Å². The van der Waals surface area contributed by atoms with E-state index in [9.17, 15) is 17.6 Å². The summed E-state index contributed by atoms with van der Waals surface area (Å²) in [7, 11) is -3.71. The maximum absolute atomic E-state index is 13.8. The number of sulfonamides is 1. The van der Waals surface area contributed by atoms with Crippen LogP contribution in [0.4, 0.5) is 4.39 Å². The van der Waals surface area contributed by atoms with Crippen LogP contribution in [0.3, 0.4) is 0 Å². The Morgan fingerprint density at radius 1 is 1.00 bits per heavy atom. The first-order valence-electron chi connectivity index (χ1n) is 9.05. The van der Waals surface area contributed by atoms with Crippen LogP contribution in [0.1, 0.15) is 17.7 Å². The molecule has 1 amide bonds. The third-order valence-corrected chi connectivity index (χ3v) is 5.32. The molecule has 0 spiro atoms. The van der Waals surface area contributed by atoms with Crippen molar-refractivity contribution in [3.63, 3.8) is 0 Å². The second kappa shape index (κ2) is 9.02. The summed E-state index contributed by atoms with van der Waals surface area (Å²) < 4.78 is 41.9. The third kappa shape index (κ3) is 5.75. The highest BCUT2D eigenvalue weighted by Crippen LogP contribution is 2.25. The summed E-state index contributed by atoms with van der Waals surface area (Å²) in [5.41, 5.74) is 1.27. The average molecular weight is 416 g/mol. The highest BCUT2D eigenvalue weighted by Gasteiger charge is 2.11. The van der Waals surface area contributed by atoms with Gasteiger partial charge in [0.25, 0.3) is 0 Å². The minimum atomic E-state index is -3.71. The normalized spacial score (nSPS) is 11.4. The number of hydrogen-bond acceptors (Lipinski definition) is 4. The van der Waals surface area contributed by atoms with Crippen LogP contribution in [-0.2, 0) is 27.7 Å². The largest absolute Gasteiger partial charge is 0.461 e. The van der Waals surface area contributed by atoms with Gasteiger partial charge in [-0.1, -0.05) is 24.3 Å². The Morgan fingerprint density at radius 3 is 2.41 bits per heavy atom. The Labute approximate surface area is 168 Å². The van der Waals surface area contributed by atoms with E-state index in [2.05, 4.69) is 5.32 Å². The fourth-order valence-corrected chi connectivity index (χ4v) is 3.35. The number of hydrogen-bond donors (Lipinski definition) is 2. The van der Waals surface area contributed by atoms with Crippen molar-refractivity contribution in [3.8, 4) is 11.3 Å². The minimum Gasteiger partial charge on any atom is -0.461 e. The molecule has 3 N–H and O–H groups in total. The van der Waals surface area contributed by atoms with E-state index in [1.165, 1.54) is 18.2 Å². The number of nitrogens with one attached hydrogen (secondary N) is 1. The van der Waals surface area contributed by atoms with Gasteiger partial charge in [-0.2, -0.15) is 0 Å². The molecule has 0 radical (unpaired) electrons. The van der Waals surface area contributed by atoms with Crippen molar-refractivity contribution in [1.29, 1.82) is 0 Å². The first-order valence-corrected chi connectivity index (χ1v) is 10.6. The van der Waals surface area contributed by atoms with Crippen molar-refractivity contribution >= 4 is 15.9 Å². The van der Waals surface area contributed by atoms with Gasteiger partial charge in [0.1, 0.15) is 17.3 Å². The zero-order valence-corrected chi connectivity index (χ0v) is 16.4. The molecule has 3 rings (SSSR count). The molecular weight excluding hydrogens is 395 g/mol. The van der Waals surface area contributed by atoms with Crippen molar-refractivity contribution < 1.29 is 22.0 Å². The second-order valence-electron chi connectivity index (χ2n) is 6.53. The van der Waals surface area contributed by atoms with Gasteiger partial charge >= 0.3 is 0 Å². The van der Waals surface area contributed by atoms with Gasteiger partial charge in [-0.15, -0.1) is 0 Å². The van der Waals surface area contributed by atoms with Crippen LogP contribution in [0.5, 0.6) is 0 Å². The van der Waals surface area contributed by atoms with E-state index in [1.807, 2.05) is 0 Å². The maximum Gasteiger partial charge on any atom is 0.238 e. The van der Waals surface area contributed by atoms with Gasteiger partial charge in [0.15, 0.2) is 0 Å². The van der Waals surface area contributed by atoms with Gasteiger partial charge in [0, 0.05) is 19.4 Å². The lowest BCUT2D eigenvalue weighted by Gasteiger charge is -2.06. The number of carbonyl (C=O) groups excluding carboxylic acids is 1. The van der Waals surface area contributed by atoms with Crippen molar-refractivity contribution in [1.82, 2.24) is 5.32 Å². The number of benzene rings is 2. The van der Waals surface area contributed by atoms with Gasteiger partial charge in [-0.25, -0.2) is 17.9 Å². The van der Waals surface area contributed by atoms with Crippen molar-refractivity contribution in [2.24, 2.45) is 5.14 Å². The standard InChI is InChI=1S/C21H21FN2O4S/c22-19-4-2-1-3-18(19)20-11-7-16(28-20)8-12-21(25)24-14-13-15-5-9-17(10-6-15)29(23,26)27/h1-7,9-11H,8,12-14H2,(H,24,25)(H2,23,26,27). The summed E-state index contributed by atoms with van der Waals surface area (Å²) in [6.45, 7) is 0.423. The number of aryl methyl sites for hydroxylation is 1. The average Bonchev–Trinajstić information content (AvgIpc) is 3.15. The molecule has 2 aromatic carbocycles. The zero-order chi connectivity index (χ0) is 20.9.